The minimum absolute atomic E-state index is 0.355. The van der Waals surface area contributed by atoms with E-state index in [0.29, 0.717) is 42.6 Å². The Morgan fingerprint density at radius 2 is 1.62 bits per heavy atom. The summed E-state index contributed by atoms with van der Waals surface area (Å²) < 4.78 is 17.9. The van der Waals surface area contributed by atoms with Crippen molar-refractivity contribution in [1.29, 1.82) is 0 Å². The van der Waals surface area contributed by atoms with Crippen LogP contribution in [-0.4, -0.2) is 25.3 Å². The Morgan fingerprint density at radius 3 is 2.38 bits per heavy atom. The third kappa shape index (κ3) is 6.59. The molecule has 1 N–H and O–H groups in total. The highest BCUT2D eigenvalue weighted by Crippen LogP contribution is 2.28. The molecule has 1 amide bonds. The smallest absolute Gasteiger partial charge is 0.271 e. The summed E-state index contributed by atoms with van der Waals surface area (Å²) in [5.74, 6) is 1.43. The summed E-state index contributed by atoms with van der Waals surface area (Å²) in [6, 6.07) is 20.6. The van der Waals surface area contributed by atoms with Crippen molar-refractivity contribution in [2.45, 2.75) is 20.5 Å². The molecule has 0 bridgehead atoms. The monoisotopic (exact) mass is 496 g/mol. The van der Waals surface area contributed by atoms with Gasteiger partial charge < -0.3 is 14.2 Å². The maximum Gasteiger partial charge on any atom is 0.271 e. The van der Waals surface area contributed by atoms with E-state index in [2.05, 4.69) is 26.5 Å². The van der Waals surface area contributed by atoms with Gasteiger partial charge in [0.15, 0.2) is 11.5 Å². The molecule has 0 aliphatic rings. The molecule has 0 spiro atoms. The van der Waals surface area contributed by atoms with E-state index in [1.165, 1.54) is 0 Å². The molecule has 0 aliphatic carbocycles. The topological polar surface area (TPSA) is 69.2 Å². The Morgan fingerprint density at radius 1 is 0.906 bits per heavy atom. The molecule has 3 rings (SSSR count). The molecule has 0 aromatic heterocycles. The second-order valence-electron chi connectivity index (χ2n) is 6.68. The van der Waals surface area contributed by atoms with Gasteiger partial charge in [-0.15, -0.1) is 0 Å². The number of nitrogens with zero attached hydrogens (tertiary/aromatic N) is 1. The van der Waals surface area contributed by atoms with E-state index in [9.17, 15) is 4.79 Å². The number of halogens is 1. The van der Waals surface area contributed by atoms with Gasteiger partial charge in [-0.1, -0.05) is 46.3 Å². The van der Waals surface area contributed by atoms with Crippen molar-refractivity contribution < 1.29 is 19.0 Å². The molecular weight excluding hydrogens is 472 g/mol. The van der Waals surface area contributed by atoms with Crippen LogP contribution in [0.25, 0.3) is 0 Å². The van der Waals surface area contributed by atoms with E-state index in [1.54, 1.807) is 24.4 Å². The van der Waals surface area contributed by atoms with Gasteiger partial charge in [0.2, 0.25) is 0 Å². The number of benzene rings is 3. The molecular formula is C25H25BrN2O4. The Balaban J connectivity index is 1.69. The maximum atomic E-state index is 12.6. The summed E-state index contributed by atoms with van der Waals surface area (Å²) in [4.78, 5) is 12.6. The molecule has 32 heavy (non-hydrogen) atoms. The first-order valence-corrected chi connectivity index (χ1v) is 11.1. The number of hydrogen-bond acceptors (Lipinski definition) is 5. The second-order valence-corrected chi connectivity index (χ2v) is 7.60. The van der Waals surface area contributed by atoms with Crippen molar-refractivity contribution in [2.24, 2.45) is 5.10 Å². The van der Waals surface area contributed by atoms with E-state index < -0.39 is 0 Å². The van der Waals surface area contributed by atoms with Crippen LogP contribution in [0.3, 0.4) is 0 Å². The molecule has 0 aliphatic heterocycles. The Kier molecular flexibility index (Phi) is 8.69. The summed E-state index contributed by atoms with van der Waals surface area (Å²) in [6.45, 7) is 5.18. The van der Waals surface area contributed by atoms with Gasteiger partial charge in [0.25, 0.3) is 5.91 Å². The van der Waals surface area contributed by atoms with Gasteiger partial charge in [-0.25, -0.2) is 5.43 Å². The molecule has 3 aromatic rings. The minimum Gasteiger partial charge on any atom is -0.490 e. The Labute approximate surface area is 196 Å². The predicted molar refractivity (Wildman–Crippen MR) is 129 cm³/mol. The zero-order chi connectivity index (χ0) is 22.8. The molecule has 0 unspecified atom stereocenters. The summed E-state index contributed by atoms with van der Waals surface area (Å²) in [6.07, 6.45) is 1.56. The third-order valence-corrected chi connectivity index (χ3v) is 4.88. The van der Waals surface area contributed by atoms with Gasteiger partial charge >= 0.3 is 0 Å². The lowest BCUT2D eigenvalue weighted by molar-refractivity contribution is 0.0954. The molecule has 6 nitrogen and oxygen atoms in total. The fourth-order valence-corrected chi connectivity index (χ4v) is 3.28. The van der Waals surface area contributed by atoms with E-state index in [0.717, 1.165) is 15.6 Å². The molecule has 0 fully saturated rings. The number of hydrazone groups is 1. The summed E-state index contributed by atoms with van der Waals surface area (Å²) in [5.41, 5.74) is 4.77. The van der Waals surface area contributed by atoms with E-state index in [-0.39, 0.29) is 5.91 Å². The quantitative estimate of drug-likeness (QED) is 0.293. The van der Waals surface area contributed by atoms with Crippen LogP contribution >= 0.6 is 15.9 Å². The van der Waals surface area contributed by atoms with E-state index >= 15 is 0 Å². The molecule has 0 radical (unpaired) electrons. The van der Waals surface area contributed by atoms with Crippen molar-refractivity contribution in [3.63, 3.8) is 0 Å². The fourth-order valence-electron chi connectivity index (χ4n) is 2.90. The second kappa shape index (κ2) is 11.9. The van der Waals surface area contributed by atoms with Gasteiger partial charge in [-0.05, 0) is 55.8 Å². The lowest BCUT2D eigenvalue weighted by Gasteiger charge is -2.12. The first-order valence-electron chi connectivity index (χ1n) is 10.3. The largest absolute Gasteiger partial charge is 0.490 e. The van der Waals surface area contributed by atoms with Crippen LogP contribution < -0.4 is 19.6 Å². The Bertz CT molecular complexity index is 1070. The van der Waals surface area contributed by atoms with Crippen LogP contribution in [0.5, 0.6) is 17.2 Å². The molecule has 0 heterocycles. The summed E-state index contributed by atoms with van der Waals surface area (Å²) in [7, 11) is 0. The highest BCUT2D eigenvalue weighted by molar-refractivity contribution is 9.10. The highest BCUT2D eigenvalue weighted by atomic mass is 79.9. The van der Waals surface area contributed by atoms with Gasteiger partial charge in [-0.2, -0.15) is 5.10 Å². The van der Waals surface area contributed by atoms with Gasteiger partial charge in [0.1, 0.15) is 12.4 Å². The average molecular weight is 497 g/mol. The molecule has 0 saturated heterocycles. The van der Waals surface area contributed by atoms with Crippen LogP contribution in [0.1, 0.15) is 35.3 Å². The maximum absolute atomic E-state index is 12.6. The molecule has 3 aromatic carbocycles. The van der Waals surface area contributed by atoms with Crippen molar-refractivity contribution in [2.75, 3.05) is 13.2 Å². The third-order valence-electron chi connectivity index (χ3n) is 4.38. The average Bonchev–Trinajstić information content (AvgIpc) is 2.80. The Hall–Kier alpha value is -3.32. The summed E-state index contributed by atoms with van der Waals surface area (Å²) >= 11 is 3.46. The molecule has 166 valence electrons. The fraction of sp³-hybridized carbons (Fsp3) is 0.200. The summed E-state index contributed by atoms with van der Waals surface area (Å²) in [5, 5.41) is 4.11. The zero-order valence-corrected chi connectivity index (χ0v) is 19.6. The minimum atomic E-state index is -0.355. The number of ether oxygens (including phenoxy) is 3. The van der Waals surface area contributed by atoms with Crippen molar-refractivity contribution >= 4 is 28.1 Å². The molecule has 7 heteroatoms. The van der Waals surface area contributed by atoms with Gasteiger partial charge in [0, 0.05) is 15.6 Å². The van der Waals surface area contributed by atoms with Crippen molar-refractivity contribution in [3.8, 4) is 17.2 Å². The number of hydrogen-bond donors (Lipinski definition) is 1. The lowest BCUT2D eigenvalue weighted by Crippen LogP contribution is -2.18. The van der Waals surface area contributed by atoms with Crippen LogP contribution in [0.4, 0.5) is 0 Å². The number of amides is 1. The number of carbonyl (C=O) groups is 1. The predicted octanol–water partition coefficient (Wildman–Crippen LogP) is 5.59. The van der Waals surface area contributed by atoms with Crippen molar-refractivity contribution in [3.05, 3.63) is 87.9 Å². The van der Waals surface area contributed by atoms with Crippen LogP contribution in [-0.2, 0) is 6.61 Å². The SMILES string of the molecule is CCOc1ccc(C(=O)N/N=C/c2cc(Br)ccc2OCc2ccccc2)cc1OCC. The number of nitrogens with one attached hydrogen (secondary N) is 1. The number of rotatable bonds is 10. The highest BCUT2D eigenvalue weighted by Gasteiger charge is 2.11. The number of carbonyl (C=O) groups excluding carboxylic acids is 1. The van der Waals surface area contributed by atoms with Crippen LogP contribution in [0, 0.1) is 0 Å². The van der Waals surface area contributed by atoms with Crippen LogP contribution in [0.15, 0.2) is 76.3 Å². The first-order chi connectivity index (χ1) is 15.6. The zero-order valence-electron chi connectivity index (χ0n) is 18.0. The van der Waals surface area contributed by atoms with E-state index in [4.69, 9.17) is 14.2 Å². The van der Waals surface area contributed by atoms with Gasteiger partial charge in [-0.3, -0.25) is 4.79 Å². The molecule has 0 saturated carbocycles. The normalized spacial score (nSPS) is 10.7. The van der Waals surface area contributed by atoms with Gasteiger partial charge in [0.05, 0.1) is 19.4 Å². The molecule has 0 atom stereocenters. The van der Waals surface area contributed by atoms with Crippen molar-refractivity contribution in [1.82, 2.24) is 5.43 Å². The van der Waals surface area contributed by atoms with Crippen LogP contribution in [0.2, 0.25) is 0 Å². The lowest BCUT2D eigenvalue weighted by atomic mass is 10.2. The van der Waals surface area contributed by atoms with E-state index in [1.807, 2.05) is 62.4 Å². The standard InChI is InChI=1S/C25H25BrN2O4/c1-3-30-23-12-10-19(15-24(23)31-4-2)25(29)28-27-16-20-14-21(26)11-13-22(20)32-17-18-8-6-5-7-9-18/h5-16H,3-4,17H2,1-2H3,(H,28,29)/b27-16+. The first kappa shape index (κ1) is 23.3.